The smallest absolute Gasteiger partial charge is 0.248 e. The van der Waals surface area contributed by atoms with Crippen LogP contribution in [0, 0.1) is 6.92 Å². The van der Waals surface area contributed by atoms with E-state index in [9.17, 15) is 4.79 Å². The van der Waals surface area contributed by atoms with Crippen LogP contribution in [0.15, 0.2) is 54.7 Å². The summed E-state index contributed by atoms with van der Waals surface area (Å²) in [6, 6.07) is 15.4. The Morgan fingerprint density at radius 2 is 1.79 bits per heavy atom. The Labute approximate surface area is 170 Å². The molecule has 2 aromatic carbocycles. The van der Waals surface area contributed by atoms with E-state index >= 15 is 0 Å². The van der Waals surface area contributed by atoms with Gasteiger partial charge in [0.05, 0.1) is 17.9 Å². The van der Waals surface area contributed by atoms with Gasteiger partial charge in [0.2, 0.25) is 5.91 Å². The average molecular weight is 390 g/mol. The van der Waals surface area contributed by atoms with Gasteiger partial charge in [0, 0.05) is 19.2 Å². The minimum Gasteiger partial charge on any atom is -0.457 e. The molecule has 1 amide bonds. The van der Waals surface area contributed by atoms with E-state index < -0.39 is 5.91 Å². The Kier molecular flexibility index (Phi) is 5.36. The number of hydrogen-bond donors (Lipinski definition) is 1. The van der Waals surface area contributed by atoms with Crippen molar-refractivity contribution in [3.63, 3.8) is 0 Å². The van der Waals surface area contributed by atoms with Crippen molar-refractivity contribution in [1.29, 1.82) is 0 Å². The fourth-order valence-corrected chi connectivity index (χ4v) is 4.08. The molecular weight excluding hydrogens is 364 g/mol. The third-order valence-corrected chi connectivity index (χ3v) is 5.54. The van der Waals surface area contributed by atoms with Gasteiger partial charge in [-0.15, -0.1) is 0 Å². The monoisotopic (exact) mass is 390 g/mol. The first-order valence-corrected chi connectivity index (χ1v) is 9.90. The summed E-state index contributed by atoms with van der Waals surface area (Å²) in [5.41, 5.74) is 9.58. The van der Waals surface area contributed by atoms with Crippen molar-refractivity contribution < 1.29 is 9.53 Å². The van der Waals surface area contributed by atoms with Crippen LogP contribution in [-0.4, -0.2) is 27.1 Å². The topological polar surface area (TPSA) is 73.4 Å². The molecule has 29 heavy (non-hydrogen) atoms. The Hall–Kier alpha value is -3.12. The van der Waals surface area contributed by atoms with Gasteiger partial charge < -0.3 is 10.5 Å². The number of carbonyl (C=O) groups excluding carboxylic acids is 1. The molecule has 2 heterocycles. The van der Waals surface area contributed by atoms with E-state index in [1.54, 1.807) is 24.3 Å². The van der Waals surface area contributed by atoms with Crippen molar-refractivity contribution in [2.75, 3.05) is 6.54 Å². The molecule has 1 atom stereocenters. The third kappa shape index (κ3) is 4.17. The van der Waals surface area contributed by atoms with E-state index in [0.717, 1.165) is 18.8 Å². The van der Waals surface area contributed by atoms with Gasteiger partial charge in [0.25, 0.3) is 0 Å². The minimum atomic E-state index is -0.442. The SMILES string of the molecule is Cc1cnn(C)c1[C@@H]1CCCN1Cc1ccc(Oc2ccc(C(N)=O)cc2)cc1. The molecule has 2 N–H and O–H groups in total. The van der Waals surface area contributed by atoms with Crippen LogP contribution in [-0.2, 0) is 13.6 Å². The number of hydrogen-bond acceptors (Lipinski definition) is 4. The fourth-order valence-electron chi connectivity index (χ4n) is 4.08. The Balaban J connectivity index is 1.42. The number of aryl methyl sites for hydroxylation is 2. The summed E-state index contributed by atoms with van der Waals surface area (Å²) >= 11 is 0. The molecule has 6 nitrogen and oxygen atoms in total. The number of aromatic nitrogens is 2. The van der Waals surface area contributed by atoms with Crippen LogP contribution in [0.5, 0.6) is 11.5 Å². The molecule has 0 radical (unpaired) electrons. The van der Waals surface area contributed by atoms with Crippen molar-refractivity contribution in [2.24, 2.45) is 12.8 Å². The van der Waals surface area contributed by atoms with Gasteiger partial charge in [0.1, 0.15) is 11.5 Å². The van der Waals surface area contributed by atoms with E-state index in [1.165, 1.54) is 29.7 Å². The van der Waals surface area contributed by atoms with Crippen LogP contribution < -0.4 is 10.5 Å². The molecule has 0 bridgehead atoms. The normalized spacial score (nSPS) is 16.8. The molecule has 1 fully saturated rings. The number of likely N-dealkylation sites (tertiary alicyclic amines) is 1. The van der Waals surface area contributed by atoms with E-state index in [2.05, 4.69) is 29.1 Å². The first-order chi connectivity index (χ1) is 14.0. The molecule has 1 aliphatic rings. The second kappa shape index (κ2) is 8.09. The fraction of sp³-hybridized carbons (Fsp3) is 0.304. The van der Waals surface area contributed by atoms with Gasteiger partial charge in [-0.1, -0.05) is 12.1 Å². The zero-order valence-electron chi connectivity index (χ0n) is 16.8. The highest BCUT2D eigenvalue weighted by Crippen LogP contribution is 2.34. The van der Waals surface area contributed by atoms with E-state index in [1.807, 2.05) is 30.1 Å². The van der Waals surface area contributed by atoms with Crippen LogP contribution in [0.1, 0.15) is 46.1 Å². The molecule has 1 aromatic heterocycles. The number of benzene rings is 2. The van der Waals surface area contributed by atoms with Gasteiger partial charge >= 0.3 is 0 Å². The molecule has 0 saturated carbocycles. The predicted molar refractivity (Wildman–Crippen MR) is 112 cm³/mol. The summed E-state index contributed by atoms with van der Waals surface area (Å²) in [5.74, 6) is 0.998. The molecule has 0 aliphatic carbocycles. The standard InChI is InChI=1S/C23H26N4O2/c1-16-14-25-26(2)22(16)21-4-3-13-27(21)15-17-5-9-19(10-6-17)29-20-11-7-18(8-12-20)23(24)28/h5-12,14,21H,3-4,13,15H2,1-2H3,(H2,24,28)/t21-/m0/s1. The predicted octanol–water partition coefficient (Wildman–Crippen LogP) is 3.96. The molecule has 1 aliphatic heterocycles. The summed E-state index contributed by atoms with van der Waals surface area (Å²) in [5, 5.41) is 4.42. The number of carbonyl (C=O) groups is 1. The number of nitrogens with zero attached hydrogens (tertiary/aromatic N) is 3. The summed E-state index contributed by atoms with van der Waals surface area (Å²) in [4.78, 5) is 13.7. The van der Waals surface area contributed by atoms with Crippen LogP contribution >= 0.6 is 0 Å². The number of amides is 1. The van der Waals surface area contributed by atoms with E-state index in [0.29, 0.717) is 17.4 Å². The second-order valence-corrected chi connectivity index (χ2v) is 7.60. The lowest BCUT2D eigenvalue weighted by Gasteiger charge is -2.25. The molecule has 4 rings (SSSR count). The Morgan fingerprint density at radius 3 is 2.38 bits per heavy atom. The summed E-state index contributed by atoms with van der Waals surface area (Å²) in [7, 11) is 2.03. The Morgan fingerprint density at radius 1 is 1.14 bits per heavy atom. The third-order valence-electron chi connectivity index (χ3n) is 5.54. The maximum Gasteiger partial charge on any atom is 0.248 e. The van der Waals surface area contributed by atoms with Gasteiger partial charge in [-0.05, 0) is 73.8 Å². The van der Waals surface area contributed by atoms with Crippen LogP contribution in [0.25, 0.3) is 0 Å². The van der Waals surface area contributed by atoms with Gasteiger partial charge in [0.15, 0.2) is 0 Å². The quantitative estimate of drug-likeness (QED) is 0.691. The molecule has 150 valence electrons. The highest BCUT2D eigenvalue weighted by atomic mass is 16.5. The Bertz CT molecular complexity index is 973. The lowest BCUT2D eigenvalue weighted by atomic mass is 10.1. The van der Waals surface area contributed by atoms with E-state index in [-0.39, 0.29) is 0 Å². The molecule has 6 heteroatoms. The van der Waals surface area contributed by atoms with Gasteiger partial charge in [-0.25, -0.2) is 0 Å². The molecule has 0 unspecified atom stereocenters. The first-order valence-electron chi connectivity index (χ1n) is 9.90. The highest BCUT2D eigenvalue weighted by Gasteiger charge is 2.29. The maximum atomic E-state index is 11.2. The molecular formula is C23H26N4O2. The molecule has 0 spiro atoms. The maximum absolute atomic E-state index is 11.2. The average Bonchev–Trinajstić information content (AvgIpc) is 3.29. The van der Waals surface area contributed by atoms with Crippen molar-refractivity contribution in [1.82, 2.24) is 14.7 Å². The first kappa shape index (κ1) is 19.2. The van der Waals surface area contributed by atoms with Crippen molar-refractivity contribution in [3.8, 4) is 11.5 Å². The van der Waals surface area contributed by atoms with Crippen LogP contribution in [0.4, 0.5) is 0 Å². The van der Waals surface area contributed by atoms with Gasteiger partial charge in [-0.2, -0.15) is 5.10 Å². The molecule has 3 aromatic rings. The van der Waals surface area contributed by atoms with Gasteiger partial charge in [-0.3, -0.25) is 14.4 Å². The van der Waals surface area contributed by atoms with Crippen molar-refractivity contribution in [2.45, 2.75) is 32.4 Å². The lowest BCUT2D eigenvalue weighted by Crippen LogP contribution is -2.25. The van der Waals surface area contributed by atoms with E-state index in [4.69, 9.17) is 10.5 Å². The molecule has 1 saturated heterocycles. The summed E-state index contributed by atoms with van der Waals surface area (Å²) < 4.78 is 7.88. The summed E-state index contributed by atoms with van der Waals surface area (Å²) in [6.45, 7) is 4.14. The minimum absolute atomic E-state index is 0.419. The largest absolute Gasteiger partial charge is 0.457 e. The number of primary amides is 1. The number of ether oxygens (including phenoxy) is 1. The van der Waals surface area contributed by atoms with Crippen LogP contribution in [0.3, 0.4) is 0 Å². The summed E-state index contributed by atoms with van der Waals surface area (Å²) in [6.07, 6.45) is 4.33. The second-order valence-electron chi connectivity index (χ2n) is 7.60. The zero-order chi connectivity index (χ0) is 20.4. The lowest BCUT2D eigenvalue weighted by molar-refractivity contribution is 0.100. The van der Waals surface area contributed by atoms with Crippen molar-refractivity contribution in [3.05, 3.63) is 77.1 Å². The number of rotatable bonds is 6. The van der Waals surface area contributed by atoms with Crippen molar-refractivity contribution >= 4 is 5.91 Å². The number of nitrogens with two attached hydrogens (primary N) is 1. The van der Waals surface area contributed by atoms with Crippen LogP contribution in [0.2, 0.25) is 0 Å². The highest BCUT2D eigenvalue weighted by molar-refractivity contribution is 5.92. The zero-order valence-corrected chi connectivity index (χ0v) is 16.8.